The molecule has 0 unspecified atom stereocenters. The number of anilines is 1. The number of hydrogen-bond donors (Lipinski definition) is 6. The summed E-state index contributed by atoms with van der Waals surface area (Å²) in [5.74, 6) is -1.11. The van der Waals surface area contributed by atoms with Gasteiger partial charge in [0, 0.05) is 27.9 Å². The van der Waals surface area contributed by atoms with E-state index < -0.39 is 77.2 Å². The lowest BCUT2D eigenvalue weighted by Crippen LogP contribution is -2.03. The van der Waals surface area contributed by atoms with Crippen LogP contribution in [0.1, 0.15) is 0 Å². The fraction of sp³-hybridized carbons (Fsp3) is 0.0690. The number of nitrogens with two attached hydrogens (primary N) is 1. The zero-order valence-electron chi connectivity index (χ0n) is 27.1. The van der Waals surface area contributed by atoms with Gasteiger partial charge in [0.25, 0.3) is 40.5 Å². The first kappa shape index (κ1) is 39.5. The van der Waals surface area contributed by atoms with Gasteiger partial charge in [-0.1, -0.05) is 12.1 Å². The largest absolute Gasteiger partial charge is 0.505 e. The lowest BCUT2D eigenvalue weighted by atomic mass is 10.1. The summed E-state index contributed by atoms with van der Waals surface area (Å²) in [6.45, 7) is 0. The average Bonchev–Trinajstić information content (AvgIpc) is 3.06. The molecular weight excluding hydrogens is 801 g/mol. The van der Waals surface area contributed by atoms with Crippen LogP contribution in [-0.2, 0) is 45.2 Å². The van der Waals surface area contributed by atoms with E-state index in [0.717, 1.165) is 54.9 Å². The second-order valence-electron chi connectivity index (χ2n) is 10.8. The molecule has 284 valence electrons. The van der Waals surface area contributed by atoms with Crippen molar-refractivity contribution in [3.8, 4) is 11.5 Å². The smallest absolute Gasteiger partial charge is 0.296 e. The van der Waals surface area contributed by atoms with Crippen LogP contribution in [0.15, 0.2) is 106 Å². The molecule has 7 N–H and O–H groups in total. The van der Waals surface area contributed by atoms with Crippen molar-refractivity contribution in [2.45, 2.75) is 19.6 Å². The molecule has 0 aromatic heterocycles. The summed E-state index contributed by atoms with van der Waals surface area (Å²) in [5, 5.41) is 25.6. The Morgan fingerprint density at radius 1 is 0.648 bits per heavy atom. The number of benzene rings is 5. The molecule has 0 aliphatic rings. The van der Waals surface area contributed by atoms with E-state index in [4.69, 9.17) is 15.2 Å². The van der Waals surface area contributed by atoms with Crippen LogP contribution in [-0.4, -0.2) is 77.6 Å². The Hall–Kier alpha value is -5.67. The third-order valence-corrected chi connectivity index (χ3v) is 10.8. The van der Waals surface area contributed by atoms with Crippen LogP contribution in [0.3, 0.4) is 0 Å². The number of phenols is 1. The maximum absolute atomic E-state index is 12.3. The van der Waals surface area contributed by atoms with Crippen LogP contribution in [0, 0.1) is 0 Å². The van der Waals surface area contributed by atoms with E-state index in [0.29, 0.717) is 0 Å². The SMILES string of the molecule is COC=Nc1cc(N=Nc2c(S(=O)(=O)O)cc3cc(S(=O)(=O)O)cc(N)c3c2O)c(OC)cc1N=Nc1cc(S(=O)(=O)O)c2cccc(S(=O)(=O)O)c2c1. The van der Waals surface area contributed by atoms with E-state index in [1.807, 2.05) is 0 Å². The van der Waals surface area contributed by atoms with Crippen molar-refractivity contribution in [1.29, 1.82) is 0 Å². The molecule has 0 aliphatic carbocycles. The Morgan fingerprint density at radius 3 is 1.89 bits per heavy atom. The fourth-order valence-corrected chi connectivity index (χ4v) is 7.67. The molecular formula is C29H24N6O15S4. The average molecular weight is 825 g/mol. The second-order valence-corrected chi connectivity index (χ2v) is 16.4. The molecule has 0 radical (unpaired) electrons. The summed E-state index contributed by atoms with van der Waals surface area (Å²) in [6.07, 6.45) is 0.946. The number of phenolic OH excluding ortho intramolecular Hbond substituents is 1. The van der Waals surface area contributed by atoms with E-state index in [2.05, 4.69) is 25.4 Å². The van der Waals surface area contributed by atoms with Gasteiger partial charge in [-0.3, -0.25) is 18.2 Å². The van der Waals surface area contributed by atoms with Crippen molar-refractivity contribution >= 4 is 103 Å². The number of ether oxygens (including phenoxy) is 2. The molecule has 0 bridgehead atoms. The van der Waals surface area contributed by atoms with E-state index in [1.165, 1.54) is 26.4 Å². The molecule has 54 heavy (non-hydrogen) atoms. The Bertz CT molecular complexity index is 2930. The number of fused-ring (bicyclic) bond motifs is 2. The Morgan fingerprint density at radius 2 is 1.30 bits per heavy atom. The number of azo groups is 2. The number of rotatable bonds is 11. The highest BCUT2D eigenvalue weighted by Gasteiger charge is 2.26. The van der Waals surface area contributed by atoms with Crippen LogP contribution < -0.4 is 10.5 Å². The van der Waals surface area contributed by atoms with Gasteiger partial charge in [-0.2, -0.15) is 38.8 Å². The van der Waals surface area contributed by atoms with Crippen LogP contribution in [0.4, 0.5) is 34.1 Å². The quantitative estimate of drug-likeness (QED) is 0.0318. The van der Waals surface area contributed by atoms with Crippen LogP contribution in [0.2, 0.25) is 0 Å². The first-order valence-electron chi connectivity index (χ1n) is 14.2. The Kier molecular flexibility index (Phi) is 10.5. The van der Waals surface area contributed by atoms with Gasteiger partial charge < -0.3 is 20.3 Å². The number of hydrogen-bond acceptors (Lipinski definition) is 17. The van der Waals surface area contributed by atoms with Gasteiger partial charge in [0.05, 0.1) is 30.5 Å². The molecule has 0 fully saturated rings. The molecule has 0 heterocycles. The number of methoxy groups -OCH3 is 2. The predicted molar refractivity (Wildman–Crippen MR) is 190 cm³/mol. The Balaban J connectivity index is 1.68. The third kappa shape index (κ3) is 8.11. The zero-order chi connectivity index (χ0) is 40.0. The molecule has 0 spiro atoms. The number of aromatic hydroxyl groups is 1. The van der Waals surface area contributed by atoms with Crippen molar-refractivity contribution in [1.82, 2.24) is 0 Å². The summed E-state index contributed by atoms with van der Waals surface area (Å²) in [6, 6.07) is 9.94. The maximum atomic E-state index is 12.3. The van der Waals surface area contributed by atoms with Gasteiger partial charge in [-0.15, -0.1) is 15.3 Å². The third-order valence-electron chi connectivity index (χ3n) is 7.29. The van der Waals surface area contributed by atoms with Gasteiger partial charge in [-0.25, -0.2) is 4.99 Å². The predicted octanol–water partition coefficient (Wildman–Crippen LogP) is 5.41. The first-order valence-corrected chi connectivity index (χ1v) is 20.0. The maximum Gasteiger partial charge on any atom is 0.296 e. The molecule has 0 aliphatic heterocycles. The van der Waals surface area contributed by atoms with Crippen molar-refractivity contribution in [3.05, 3.63) is 60.7 Å². The molecule has 25 heteroatoms. The molecule has 21 nitrogen and oxygen atoms in total. The normalized spacial score (nSPS) is 13.1. The van der Waals surface area contributed by atoms with Crippen LogP contribution >= 0.6 is 0 Å². The number of nitrogens with zero attached hydrogens (tertiary/aromatic N) is 5. The molecule has 0 saturated carbocycles. The van der Waals surface area contributed by atoms with Crippen LogP contribution in [0.25, 0.3) is 21.5 Å². The lowest BCUT2D eigenvalue weighted by Gasteiger charge is -2.12. The van der Waals surface area contributed by atoms with Crippen molar-refractivity contribution in [2.75, 3.05) is 20.0 Å². The monoisotopic (exact) mass is 824 g/mol. The van der Waals surface area contributed by atoms with E-state index in [9.17, 15) is 57.0 Å². The van der Waals surface area contributed by atoms with Crippen molar-refractivity contribution in [2.24, 2.45) is 25.4 Å². The molecule has 5 aromatic carbocycles. The second kappa shape index (κ2) is 14.3. The highest BCUT2D eigenvalue weighted by Crippen LogP contribution is 2.46. The fourth-order valence-electron chi connectivity index (χ4n) is 5.04. The van der Waals surface area contributed by atoms with Crippen LogP contribution in [0.5, 0.6) is 11.5 Å². The summed E-state index contributed by atoms with van der Waals surface area (Å²) >= 11 is 0. The molecule has 5 rings (SSSR count). The summed E-state index contributed by atoms with van der Waals surface area (Å²) < 4.78 is 146. The lowest BCUT2D eigenvalue weighted by molar-refractivity contribution is 0.416. The molecule has 0 saturated heterocycles. The molecule has 5 aromatic rings. The van der Waals surface area contributed by atoms with E-state index >= 15 is 0 Å². The highest BCUT2D eigenvalue weighted by molar-refractivity contribution is 7.87. The zero-order valence-corrected chi connectivity index (χ0v) is 30.4. The molecule has 0 atom stereocenters. The van der Waals surface area contributed by atoms with E-state index in [-0.39, 0.29) is 50.0 Å². The summed E-state index contributed by atoms with van der Waals surface area (Å²) in [7, 11) is -17.5. The minimum Gasteiger partial charge on any atom is -0.505 e. The molecule has 0 amide bonds. The van der Waals surface area contributed by atoms with Crippen molar-refractivity contribution in [3.63, 3.8) is 0 Å². The summed E-state index contributed by atoms with van der Waals surface area (Å²) in [4.78, 5) is 0.831. The van der Waals surface area contributed by atoms with Gasteiger partial charge >= 0.3 is 0 Å². The van der Waals surface area contributed by atoms with Gasteiger partial charge in [0.15, 0.2) is 12.2 Å². The van der Waals surface area contributed by atoms with Gasteiger partial charge in [0.2, 0.25) is 0 Å². The number of nitrogen functional groups attached to an aromatic ring is 1. The van der Waals surface area contributed by atoms with E-state index in [1.54, 1.807) is 0 Å². The standard InChI is InChI=1S/C29H24N6O15S4/c1-49-13-31-20-11-22(34-35-28-26(54(46,47)48)7-14-6-16(51(37,38)39)10-19(30)27(14)29(28)36)23(50-2)12-21(20)33-32-15-8-18-17(25(9-15)53(43,44)45)4-3-5-24(18)52(40,41)42/h3-13,36H,30H2,1-2H3,(H,37,38,39)(H,40,41,42)(H,43,44,45)(H,46,47,48). The summed E-state index contributed by atoms with van der Waals surface area (Å²) in [5.41, 5.74) is 3.86. The minimum absolute atomic E-state index is 0.107. The first-order chi connectivity index (χ1) is 25.0. The minimum atomic E-state index is -5.19. The number of aliphatic imine (C=N–C) groups is 1. The highest BCUT2D eigenvalue weighted by atomic mass is 32.2. The van der Waals surface area contributed by atoms with Gasteiger partial charge in [0.1, 0.15) is 37.5 Å². The Labute approximate surface area is 305 Å². The topological polar surface area (TPSA) is 344 Å². The van der Waals surface area contributed by atoms with Crippen molar-refractivity contribution < 1.29 is 66.5 Å². The van der Waals surface area contributed by atoms with Gasteiger partial charge in [-0.05, 0) is 47.9 Å².